The molecule has 2 atom stereocenters. The second kappa shape index (κ2) is 13.4. The van der Waals surface area contributed by atoms with E-state index in [0.717, 1.165) is 59.6 Å². The minimum atomic E-state index is -0.769. The van der Waals surface area contributed by atoms with Gasteiger partial charge in [0.2, 0.25) is 5.91 Å². The summed E-state index contributed by atoms with van der Waals surface area (Å²) < 4.78 is 40.7. The third-order valence-corrected chi connectivity index (χ3v) is 10.3. The number of hydrogen-bond acceptors (Lipinski definition) is 8. The lowest BCUT2D eigenvalue weighted by Crippen LogP contribution is -2.47. The largest absolute Gasteiger partial charge is 0.488 e. The second-order valence-electron chi connectivity index (χ2n) is 13.6. The van der Waals surface area contributed by atoms with Crippen molar-refractivity contribution < 1.29 is 18.3 Å². The van der Waals surface area contributed by atoms with Gasteiger partial charge in [-0.15, -0.1) is 0 Å². The van der Waals surface area contributed by atoms with Gasteiger partial charge in [0.15, 0.2) is 11.5 Å². The van der Waals surface area contributed by atoms with Crippen molar-refractivity contribution in [3.8, 4) is 22.6 Å². The Morgan fingerprint density at radius 2 is 1.92 bits per heavy atom. The number of amides is 1. The molecule has 4 bridgehead atoms. The van der Waals surface area contributed by atoms with Gasteiger partial charge in [-0.3, -0.25) is 9.48 Å². The SMILES string of the molecule is Cn1nc2cccc3c2c1CCCN(CCCn1ccnc1)C(=O)[C@@H]1C[C@@H](CN1c1ncnc2c1cnn2-c1ccc(F)cc1F)Oc1cccc-3c1. The molecule has 1 amide bonds. The van der Waals surface area contributed by atoms with Crippen LogP contribution >= 0.6 is 0 Å². The number of hydrogen-bond donors (Lipinski definition) is 0. The molecule has 0 aliphatic carbocycles. The highest BCUT2D eigenvalue weighted by atomic mass is 19.1. The first-order valence-electron chi connectivity index (χ1n) is 17.8. The molecule has 14 heteroatoms. The summed E-state index contributed by atoms with van der Waals surface area (Å²) in [7, 11) is 1.98. The molecule has 0 saturated carbocycles. The number of nitrogens with zero attached hydrogens (tertiary/aromatic N) is 10. The molecule has 7 aromatic rings. The number of aryl methyl sites for hydroxylation is 3. The Morgan fingerprint density at radius 3 is 2.79 bits per heavy atom. The fourth-order valence-corrected chi connectivity index (χ4v) is 7.85. The van der Waals surface area contributed by atoms with Crippen LogP contribution in [0.1, 0.15) is 25.0 Å². The van der Waals surface area contributed by atoms with Crippen LogP contribution in [0, 0.1) is 11.6 Å². The fraction of sp³-hybridized carbons (Fsp3) is 0.282. The maximum atomic E-state index is 14.9. The van der Waals surface area contributed by atoms with Crippen LogP contribution in [0.25, 0.3) is 38.8 Å². The molecule has 1 saturated heterocycles. The van der Waals surface area contributed by atoms with Crippen LogP contribution in [-0.2, 0) is 24.8 Å². The summed E-state index contributed by atoms with van der Waals surface area (Å²) in [6.07, 6.45) is 10.7. The van der Waals surface area contributed by atoms with Crippen LogP contribution in [-0.4, -0.2) is 81.7 Å². The van der Waals surface area contributed by atoms with Crippen LogP contribution in [0.15, 0.2) is 91.9 Å². The number of imidazole rings is 1. The normalized spacial score (nSPS) is 17.7. The number of fused-ring (bicyclic) bond motifs is 6. The molecule has 1 fully saturated rings. The van der Waals surface area contributed by atoms with E-state index in [4.69, 9.17) is 9.84 Å². The molecule has 53 heavy (non-hydrogen) atoms. The van der Waals surface area contributed by atoms with Crippen molar-refractivity contribution >= 4 is 33.7 Å². The molecule has 0 unspecified atom stereocenters. The van der Waals surface area contributed by atoms with Crippen molar-refractivity contribution in [3.63, 3.8) is 0 Å². The van der Waals surface area contributed by atoms with Gasteiger partial charge in [-0.05, 0) is 60.7 Å². The summed E-state index contributed by atoms with van der Waals surface area (Å²) in [6, 6.07) is 17.0. The predicted molar refractivity (Wildman–Crippen MR) is 195 cm³/mol. The number of carbonyl (C=O) groups excluding carboxylic acids is 1. The Morgan fingerprint density at radius 1 is 1.02 bits per heavy atom. The summed E-state index contributed by atoms with van der Waals surface area (Å²) in [4.78, 5) is 32.1. The lowest BCUT2D eigenvalue weighted by Gasteiger charge is -2.31. The highest BCUT2D eigenvalue weighted by Gasteiger charge is 2.42. The molecule has 9 rings (SSSR count). The summed E-state index contributed by atoms with van der Waals surface area (Å²) >= 11 is 0. The summed E-state index contributed by atoms with van der Waals surface area (Å²) in [5.41, 5.74) is 4.55. The highest BCUT2D eigenvalue weighted by Crippen LogP contribution is 2.37. The van der Waals surface area contributed by atoms with Crippen LogP contribution in [0.4, 0.5) is 14.6 Å². The Bertz CT molecular complexity index is 2460. The predicted octanol–water partition coefficient (Wildman–Crippen LogP) is 5.74. The van der Waals surface area contributed by atoms with Crippen LogP contribution in [0.3, 0.4) is 0 Å². The zero-order valence-corrected chi connectivity index (χ0v) is 29.0. The second-order valence-corrected chi connectivity index (χ2v) is 13.6. The summed E-state index contributed by atoms with van der Waals surface area (Å²) in [5, 5.41) is 10.9. The Hall–Kier alpha value is -6.18. The average Bonchev–Trinajstić information content (AvgIpc) is 3.97. The first-order chi connectivity index (χ1) is 25.9. The maximum absolute atomic E-state index is 14.9. The van der Waals surface area contributed by atoms with E-state index >= 15 is 0 Å². The van der Waals surface area contributed by atoms with E-state index in [-0.39, 0.29) is 17.7 Å². The van der Waals surface area contributed by atoms with Crippen molar-refractivity contribution in [2.24, 2.45) is 7.05 Å². The molecule has 4 aromatic heterocycles. The minimum Gasteiger partial charge on any atom is -0.488 e. The summed E-state index contributed by atoms with van der Waals surface area (Å²) in [6.45, 7) is 2.18. The van der Waals surface area contributed by atoms with Crippen LogP contribution < -0.4 is 9.64 Å². The zero-order valence-electron chi connectivity index (χ0n) is 29.0. The van der Waals surface area contributed by atoms with Crippen molar-refractivity contribution in [1.82, 2.24) is 44.0 Å². The Balaban J connectivity index is 1.12. The summed E-state index contributed by atoms with van der Waals surface area (Å²) in [5.74, 6) is -0.291. The van der Waals surface area contributed by atoms with E-state index in [9.17, 15) is 13.6 Å². The molecule has 3 aromatic carbocycles. The maximum Gasteiger partial charge on any atom is 0.245 e. The van der Waals surface area contributed by atoms with Crippen LogP contribution in [0.5, 0.6) is 5.75 Å². The molecule has 268 valence electrons. The van der Waals surface area contributed by atoms with Gasteiger partial charge in [0.1, 0.15) is 41.5 Å². The number of rotatable bonds is 6. The smallest absolute Gasteiger partial charge is 0.245 e. The van der Waals surface area contributed by atoms with Crippen molar-refractivity contribution in [2.75, 3.05) is 24.5 Å². The first kappa shape index (κ1) is 32.7. The zero-order chi connectivity index (χ0) is 36.1. The molecule has 12 nitrogen and oxygen atoms in total. The van der Waals surface area contributed by atoms with Gasteiger partial charge in [0.25, 0.3) is 0 Å². The Labute approximate surface area is 303 Å². The van der Waals surface area contributed by atoms with Gasteiger partial charge in [0.05, 0.1) is 30.0 Å². The van der Waals surface area contributed by atoms with Gasteiger partial charge < -0.3 is 19.1 Å². The molecule has 0 N–H and O–H groups in total. The fourth-order valence-electron chi connectivity index (χ4n) is 7.85. The Kier molecular flexibility index (Phi) is 8.28. The van der Waals surface area contributed by atoms with E-state index in [1.807, 2.05) is 56.6 Å². The van der Waals surface area contributed by atoms with Crippen molar-refractivity contribution in [1.29, 1.82) is 0 Å². The quantitative estimate of drug-likeness (QED) is 0.215. The van der Waals surface area contributed by atoms with Gasteiger partial charge in [-0.2, -0.15) is 10.2 Å². The van der Waals surface area contributed by atoms with E-state index in [2.05, 4.69) is 38.2 Å². The van der Waals surface area contributed by atoms with Gasteiger partial charge in [-0.1, -0.05) is 24.3 Å². The number of anilines is 1. The molecule has 0 radical (unpaired) electrons. The van der Waals surface area contributed by atoms with Gasteiger partial charge >= 0.3 is 0 Å². The standard InChI is InChI=1S/C39H36F2N10O2/c1-47-34-10-4-15-49(16-5-14-48-17-13-42-24-48)39(52)35-20-28(53-27-7-2-6-25(18-27)29-8-3-9-32(46-47)36(29)34)22-50(35)37-30-21-45-51(38(30)44-23-43-37)33-12-11-26(40)19-31(33)41/h2-3,6-9,11-13,17-19,21,23-24,28,35H,4-5,10,14-16,20,22H2,1H3/t28-,35-/m0/s1. The lowest BCUT2D eigenvalue weighted by molar-refractivity contribution is -0.132. The van der Waals surface area contributed by atoms with Crippen molar-refractivity contribution in [3.05, 3.63) is 109 Å². The van der Waals surface area contributed by atoms with Gasteiger partial charge in [0, 0.05) is 62.6 Å². The molecule has 6 heterocycles. The highest BCUT2D eigenvalue weighted by molar-refractivity contribution is 5.97. The van der Waals surface area contributed by atoms with E-state index in [1.165, 1.54) is 23.1 Å². The van der Waals surface area contributed by atoms with E-state index in [1.54, 1.807) is 18.7 Å². The number of aromatic nitrogens is 8. The molecule has 2 aliphatic heterocycles. The van der Waals surface area contributed by atoms with E-state index in [0.29, 0.717) is 48.7 Å². The number of ether oxygens (including phenoxy) is 1. The molecule has 2 aliphatic rings. The van der Waals surface area contributed by atoms with Crippen molar-refractivity contribution in [2.45, 2.75) is 44.4 Å². The van der Waals surface area contributed by atoms with E-state index < -0.39 is 17.7 Å². The number of benzene rings is 3. The first-order valence-corrected chi connectivity index (χ1v) is 17.8. The number of carbonyl (C=O) groups is 1. The average molecular weight is 715 g/mol. The molecular weight excluding hydrogens is 678 g/mol. The van der Waals surface area contributed by atoms with Gasteiger partial charge in [-0.25, -0.2) is 28.4 Å². The third kappa shape index (κ3) is 6.03. The molecule has 0 spiro atoms. The number of halogens is 2. The lowest BCUT2D eigenvalue weighted by atomic mass is 9.98. The topological polar surface area (TPSA) is 112 Å². The van der Waals surface area contributed by atoms with Crippen LogP contribution in [0.2, 0.25) is 0 Å². The third-order valence-electron chi connectivity index (χ3n) is 10.3. The molecular formula is C39H36F2N10O2. The monoisotopic (exact) mass is 714 g/mol. The minimum absolute atomic E-state index is 0.0235.